The Bertz CT molecular complexity index is 309. The Morgan fingerprint density at radius 1 is 1.57 bits per heavy atom. The Morgan fingerprint density at radius 3 is 2.50 bits per heavy atom. The van der Waals surface area contributed by atoms with E-state index in [2.05, 4.69) is 6.58 Å². The molecular formula is C10H16INO2. The molecule has 1 aliphatic rings. The van der Waals surface area contributed by atoms with Gasteiger partial charge in [-0.15, -0.1) is 0 Å². The molecule has 14 heavy (non-hydrogen) atoms. The predicted molar refractivity (Wildman–Crippen MR) is 66.4 cm³/mol. The molecule has 1 rings (SSSR count). The monoisotopic (exact) mass is 309 g/mol. The zero-order valence-corrected chi connectivity index (χ0v) is 10.9. The number of nitrogens with two attached hydrogens (primary N) is 1. The van der Waals surface area contributed by atoms with Crippen LogP contribution in [0.15, 0.2) is 23.4 Å². The van der Waals surface area contributed by atoms with Gasteiger partial charge in [-0.25, -0.2) is 0 Å². The van der Waals surface area contributed by atoms with Crippen molar-refractivity contribution in [2.45, 2.75) is 17.8 Å². The van der Waals surface area contributed by atoms with Gasteiger partial charge in [-0.1, -0.05) is 0 Å². The Labute approximate surface area is 92.3 Å². The molecular weight excluding hydrogens is 293 g/mol. The van der Waals surface area contributed by atoms with Crippen molar-refractivity contribution in [3.8, 4) is 0 Å². The van der Waals surface area contributed by atoms with Crippen molar-refractivity contribution in [1.82, 2.24) is 0 Å². The maximum atomic E-state index is 11.1. The first-order valence-electron chi connectivity index (χ1n) is 4.34. The number of carbonyl (C=O) groups excluding carboxylic acids is 1. The Hall–Kier alpha value is -0.360. The number of hydrogen-bond acceptors (Lipinski definition) is 3. The van der Waals surface area contributed by atoms with Gasteiger partial charge in [-0.2, -0.15) is 0 Å². The summed E-state index contributed by atoms with van der Waals surface area (Å²) in [5.41, 5.74) is 7.94. The number of alkyl halides is 2. The van der Waals surface area contributed by atoms with Gasteiger partial charge in [0.15, 0.2) is 0 Å². The molecule has 4 heteroatoms. The van der Waals surface area contributed by atoms with Crippen molar-refractivity contribution in [3.63, 3.8) is 0 Å². The molecule has 1 unspecified atom stereocenters. The summed E-state index contributed by atoms with van der Waals surface area (Å²) in [4.78, 5) is 11.1. The summed E-state index contributed by atoms with van der Waals surface area (Å²) >= 11 is -1.19. The van der Waals surface area contributed by atoms with Gasteiger partial charge in [-0.3, -0.25) is 0 Å². The van der Waals surface area contributed by atoms with Crippen LogP contribution in [0.5, 0.6) is 0 Å². The molecule has 0 spiro atoms. The van der Waals surface area contributed by atoms with Crippen molar-refractivity contribution < 1.29 is 7.86 Å². The van der Waals surface area contributed by atoms with Crippen molar-refractivity contribution in [3.05, 3.63) is 23.4 Å². The van der Waals surface area contributed by atoms with Crippen LogP contribution < -0.4 is 5.73 Å². The first-order chi connectivity index (χ1) is 6.49. The topological polar surface area (TPSA) is 52.3 Å². The average molecular weight is 309 g/mol. The summed E-state index contributed by atoms with van der Waals surface area (Å²) < 4.78 is 6.89. The molecule has 0 aliphatic carbocycles. The molecule has 0 aromatic heterocycles. The molecule has 2 N–H and O–H groups in total. The molecule has 3 nitrogen and oxygen atoms in total. The van der Waals surface area contributed by atoms with Crippen LogP contribution in [0.4, 0.5) is 0 Å². The van der Waals surface area contributed by atoms with Crippen LogP contribution in [-0.2, 0) is 7.86 Å². The third kappa shape index (κ3) is 2.36. The van der Waals surface area contributed by atoms with E-state index in [1.54, 1.807) is 14.0 Å². The van der Waals surface area contributed by atoms with Gasteiger partial charge >= 0.3 is 92.3 Å². The number of carbonyl (C=O) groups is 1. The SMILES string of the molecule is C=C(/C(N)=C(\C)C(C)=O)C1CI1OC. The van der Waals surface area contributed by atoms with E-state index in [1.807, 2.05) is 0 Å². The number of hydrogen-bond donors (Lipinski definition) is 1. The molecule has 80 valence electrons. The van der Waals surface area contributed by atoms with Gasteiger partial charge < -0.3 is 0 Å². The van der Waals surface area contributed by atoms with E-state index in [4.69, 9.17) is 8.80 Å². The van der Waals surface area contributed by atoms with Crippen LogP contribution in [-0.4, -0.2) is 21.2 Å². The number of ketones is 1. The summed E-state index contributed by atoms with van der Waals surface area (Å²) in [6.07, 6.45) is 0. The fourth-order valence-corrected chi connectivity index (χ4v) is 5.27. The molecule has 0 bridgehead atoms. The van der Waals surface area contributed by atoms with Crippen LogP contribution in [0.25, 0.3) is 0 Å². The first-order valence-corrected chi connectivity index (χ1v) is 7.99. The zero-order valence-electron chi connectivity index (χ0n) is 8.76. The van der Waals surface area contributed by atoms with Crippen LogP contribution in [0.1, 0.15) is 13.8 Å². The molecule has 0 aromatic rings. The first kappa shape index (κ1) is 11.7. The number of allylic oxidation sites excluding steroid dienone is 2. The van der Waals surface area contributed by atoms with Crippen molar-refractivity contribution in [1.29, 1.82) is 0 Å². The maximum absolute atomic E-state index is 11.1. The van der Waals surface area contributed by atoms with Crippen LogP contribution in [0.3, 0.4) is 0 Å². The molecule has 1 atom stereocenters. The van der Waals surface area contributed by atoms with E-state index in [0.717, 1.165) is 10.0 Å². The van der Waals surface area contributed by atoms with Gasteiger partial charge in [0, 0.05) is 0 Å². The van der Waals surface area contributed by atoms with Gasteiger partial charge in [-0.05, 0) is 0 Å². The van der Waals surface area contributed by atoms with E-state index in [-0.39, 0.29) is 5.78 Å². The molecule has 1 saturated heterocycles. The normalized spacial score (nSPS) is 24.2. The second-order valence-corrected chi connectivity index (χ2v) is 8.53. The number of rotatable bonds is 4. The summed E-state index contributed by atoms with van der Waals surface area (Å²) in [6.45, 7) is 7.21. The zero-order chi connectivity index (χ0) is 10.9. The Morgan fingerprint density at radius 2 is 2.14 bits per heavy atom. The molecule has 0 saturated carbocycles. The third-order valence-corrected chi connectivity index (χ3v) is 6.95. The third-order valence-electron chi connectivity index (χ3n) is 2.33. The molecule has 1 heterocycles. The molecule has 0 amide bonds. The van der Waals surface area contributed by atoms with Crippen LogP contribution in [0, 0.1) is 0 Å². The molecule has 0 radical (unpaired) electrons. The Kier molecular flexibility index (Phi) is 3.71. The molecule has 0 aromatic carbocycles. The van der Waals surface area contributed by atoms with Crippen molar-refractivity contribution in [2.75, 3.05) is 11.5 Å². The summed E-state index contributed by atoms with van der Waals surface area (Å²) in [6, 6.07) is 0. The Balaban J connectivity index is 2.71. The van der Waals surface area contributed by atoms with Gasteiger partial charge in [0.1, 0.15) is 0 Å². The minimum atomic E-state index is -1.19. The van der Waals surface area contributed by atoms with Crippen molar-refractivity contribution >= 4 is 26.0 Å². The average Bonchev–Trinajstić information content (AvgIpc) is 2.93. The van der Waals surface area contributed by atoms with E-state index >= 15 is 0 Å². The van der Waals surface area contributed by atoms with Gasteiger partial charge in [0.25, 0.3) is 0 Å². The van der Waals surface area contributed by atoms with E-state index in [9.17, 15) is 4.79 Å². The standard InChI is InChI=1S/C10H16INO2/c1-6(8(3)13)10(12)7(2)9-5-11(9)14-4/h9H,2,5,12H2,1,3-4H3/b10-6-. The fourth-order valence-electron chi connectivity index (χ4n) is 1.11. The second-order valence-electron chi connectivity index (χ2n) is 3.25. The van der Waals surface area contributed by atoms with E-state index < -0.39 is 20.2 Å². The fraction of sp³-hybridized carbons (Fsp3) is 0.500. The quantitative estimate of drug-likeness (QED) is 0.373. The van der Waals surface area contributed by atoms with Crippen LogP contribution >= 0.6 is 20.2 Å². The van der Waals surface area contributed by atoms with Crippen molar-refractivity contribution in [2.24, 2.45) is 5.73 Å². The second kappa shape index (κ2) is 4.44. The van der Waals surface area contributed by atoms with Crippen LogP contribution in [0.2, 0.25) is 0 Å². The molecule has 1 aliphatic heterocycles. The minimum absolute atomic E-state index is 0.0158. The van der Waals surface area contributed by atoms with Gasteiger partial charge in [0.2, 0.25) is 0 Å². The van der Waals surface area contributed by atoms with E-state index in [1.165, 1.54) is 6.92 Å². The molecule has 1 fully saturated rings. The van der Waals surface area contributed by atoms with Gasteiger partial charge in [0.05, 0.1) is 0 Å². The predicted octanol–water partition coefficient (Wildman–Crippen LogP) is 1.81. The number of halogens is 1. The summed E-state index contributed by atoms with van der Waals surface area (Å²) in [5.74, 6) is 0.0158. The summed E-state index contributed by atoms with van der Waals surface area (Å²) in [7, 11) is 1.75. The van der Waals surface area contributed by atoms with E-state index in [0.29, 0.717) is 15.2 Å². The number of Topliss-reactive ketones (excluding diaryl/α,β-unsaturated/α-hetero) is 1. The summed E-state index contributed by atoms with van der Waals surface area (Å²) in [5, 5.41) is 0.